The van der Waals surface area contributed by atoms with Crippen LogP contribution in [0.1, 0.15) is 27.2 Å². The second kappa shape index (κ2) is 6.82. The van der Waals surface area contributed by atoms with Crippen molar-refractivity contribution >= 4 is 60.9 Å². The van der Waals surface area contributed by atoms with Gasteiger partial charge in [0.25, 0.3) is 0 Å². The SMILES string of the molecule is Cn1c2c(=O)c3c(sc2n2c(SCC(=O)c4ccc(Br)cc4)nnc12)CCC3. The van der Waals surface area contributed by atoms with Gasteiger partial charge >= 0.3 is 0 Å². The fraction of sp³-hybridized carbons (Fsp3) is 0.263. The quantitative estimate of drug-likeness (QED) is 0.331. The maximum absolute atomic E-state index is 13.0. The number of rotatable bonds is 4. The number of hydrogen-bond donors (Lipinski definition) is 0. The predicted octanol–water partition coefficient (Wildman–Crippen LogP) is 3.87. The van der Waals surface area contributed by atoms with Gasteiger partial charge in [0, 0.05) is 27.5 Å². The first-order valence-corrected chi connectivity index (χ1v) is 11.4. The highest BCUT2D eigenvalue weighted by atomic mass is 79.9. The summed E-state index contributed by atoms with van der Waals surface area (Å²) in [7, 11) is 1.85. The summed E-state index contributed by atoms with van der Waals surface area (Å²) in [5, 5.41) is 9.18. The first-order valence-electron chi connectivity index (χ1n) is 8.84. The Morgan fingerprint density at radius 3 is 2.82 bits per heavy atom. The molecule has 0 fully saturated rings. The van der Waals surface area contributed by atoms with E-state index in [9.17, 15) is 9.59 Å². The van der Waals surface area contributed by atoms with E-state index in [0.717, 1.165) is 34.1 Å². The standard InChI is InChI=1S/C19H15BrN4O2S2/c1-23-15-16(26)12-3-2-4-14(12)28-17(15)24-18(23)21-22-19(24)27-9-13(25)10-5-7-11(20)8-6-10/h5-8H,2-4,9H2,1H3. The van der Waals surface area contributed by atoms with Gasteiger partial charge in [-0.15, -0.1) is 21.5 Å². The maximum Gasteiger partial charge on any atom is 0.237 e. The maximum atomic E-state index is 13.0. The average molecular weight is 475 g/mol. The number of halogens is 1. The third-order valence-corrected chi connectivity index (χ3v) is 7.76. The molecular weight excluding hydrogens is 460 g/mol. The molecule has 142 valence electrons. The first kappa shape index (κ1) is 18.1. The largest absolute Gasteiger partial charge is 0.307 e. The number of thioether (sulfide) groups is 1. The topological polar surface area (TPSA) is 69.3 Å². The van der Waals surface area contributed by atoms with Gasteiger partial charge in [-0.25, -0.2) is 4.40 Å². The van der Waals surface area contributed by atoms with Gasteiger partial charge in [-0.05, 0) is 31.4 Å². The molecule has 6 nitrogen and oxygen atoms in total. The summed E-state index contributed by atoms with van der Waals surface area (Å²) in [6, 6.07) is 7.32. The number of aromatic nitrogens is 4. The molecule has 0 radical (unpaired) electrons. The molecule has 0 spiro atoms. The van der Waals surface area contributed by atoms with Gasteiger partial charge in [0.15, 0.2) is 10.9 Å². The Bertz CT molecular complexity index is 1300. The fourth-order valence-corrected chi connectivity index (χ4v) is 6.15. The molecule has 5 rings (SSSR count). The third kappa shape index (κ3) is 2.75. The van der Waals surface area contributed by atoms with Gasteiger partial charge in [-0.3, -0.25) is 9.59 Å². The minimum absolute atomic E-state index is 0.0311. The van der Waals surface area contributed by atoms with E-state index in [2.05, 4.69) is 26.1 Å². The van der Waals surface area contributed by atoms with E-state index in [0.29, 0.717) is 22.0 Å². The van der Waals surface area contributed by atoms with Crippen LogP contribution >= 0.6 is 39.0 Å². The first-order chi connectivity index (χ1) is 13.5. The Morgan fingerprint density at radius 2 is 2.04 bits per heavy atom. The zero-order chi connectivity index (χ0) is 19.4. The summed E-state index contributed by atoms with van der Waals surface area (Å²) in [6.07, 6.45) is 2.84. The van der Waals surface area contributed by atoms with Crippen LogP contribution in [0.3, 0.4) is 0 Å². The van der Waals surface area contributed by atoms with Gasteiger partial charge in [0.05, 0.1) is 5.75 Å². The zero-order valence-electron chi connectivity index (χ0n) is 14.9. The van der Waals surface area contributed by atoms with E-state index in [1.807, 2.05) is 28.1 Å². The van der Waals surface area contributed by atoms with Crippen molar-refractivity contribution in [3.8, 4) is 0 Å². The number of nitrogens with zero attached hydrogens (tertiary/aromatic N) is 4. The van der Waals surface area contributed by atoms with Crippen molar-refractivity contribution in [3.05, 3.63) is 55.0 Å². The van der Waals surface area contributed by atoms with E-state index in [-0.39, 0.29) is 17.0 Å². The highest BCUT2D eigenvalue weighted by molar-refractivity contribution is 9.10. The molecule has 0 saturated heterocycles. The van der Waals surface area contributed by atoms with Crippen LogP contribution < -0.4 is 5.43 Å². The molecule has 28 heavy (non-hydrogen) atoms. The van der Waals surface area contributed by atoms with E-state index in [1.165, 1.54) is 16.6 Å². The Labute approximate surface area is 176 Å². The van der Waals surface area contributed by atoms with Crippen molar-refractivity contribution in [3.63, 3.8) is 0 Å². The van der Waals surface area contributed by atoms with Crippen LogP contribution in [-0.4, -0.2) is 30.7 Å². The Hall–Kier alpha value is -1.97. The number of ketones is 1. The van der Waals surface area contributed by atoms with Crippen molar-refractivity contribution in [1.82, 2.24) is 19.2 Å². The Morgan fingerprint density at radius 1 is 1.25 bits per heavy atom. The van der Waals surface area contributed by atoms with Crippen molar-refractivity contribution in [2.75, 3.05) is 5.75 Å². The van der Waals surface area contributed by atoms with Crippen LogP contribution in [0, 0.1) is 0 Å². The lowest BCUT2D eigenvalue weighted by Crippen LogP contribution is -2.10. The number of imidazole rings is 1. The van der Waals surface area contributed by atoms with E-state index >= 15 is 0 Å². The van der Waals surface area contributed by atoms with Crippen molar-refractivity contribution in [2.24, 2.45) is 7.05 Å². The van der Waals surface area contributed by atoms with Crippen molar-refractivity contribution in [1.29, 1.82) is 0 Å². The molecule has 0 unspecified atom stereocenters. The lowest BCUT2D eigenvalue weighted by Gasteiger charge is -2.02. The smallest absolute Gasteiger partial charge is 0.237 e. The summed E-state index contributed by atoms with van der Waals surface area (Å²) >= 11 is 6.38. The van der Waals surface area contributed by atoms with Gasteiger partial charge in [0.2, 0.25) is 11.2 Å². The Balaban J connectivity index is 1.55. The molecule has 1 aliphatic carbocycles. The summed E-state index contributed by atoms with van der Waals surface area (Å²) in [5.74, 6) is 0.924. The molecule has 1 aromatic carbocycles. The molecule has 9 heteroatoms. The molecule has 0 saturated carbocycles. The summed E-state index contributed by atoms with van der Waals surface area (Å²) in [5.41, 5.74) is 2.40. The number of hydrogen-bond acceptors (Lipinski definition) is 6. The summed E-state index contributed by atoms with van der Waals surface area (Å²) in [4.78, 5) is 27.5. The second-order valence-corrected chi connectivity index (χ2v) is 9.68. The van der Waals surface area contributed by atoms with Crippen LogP contribution in [0.2, 0.25) is 0 Å². The van der Waals surface area contributed by atoms with Gasteiger partial charge in [-0.1, -0.05) is 39.8 Å². The van der Waals surface area contributed by atoms with E-state index in [4.69, 9.17) is 0 Å². The lowest BCUT2D eigenvalue weighted by molar-refractivity contribution is 0.102. The molecular formula is C19H15BrN4O2S2. The predicted molar refractivity (Wildman–Crippen MR) is 115 cm³/mol. The Kier molecular flexibility index (Phi) is 4.41. The van der Waals surface area contributed by atoms with E-state index < -0.39 is 0 Å². The van der Waals surface area contributed by atoms with Crippen molar-refractivity contribution in [2.45, 2.75) is 24.4 Å². The molecule has 4 aromatic rings. The molecule has 0 aliphatic heterocycles. The summed E-state index contributed by atoms with van der Waals surface area (Å²) in [6.45, 7) is 0. The minimum atomic E-state index is 0.0311. The van der Waals surface area contributed by atoms with Crippen LogP contribution in [0.5, 0.6) is 0 Å². The van der Waals surface area contributed by atoms with Gasteiger partial charge < -0.3 is 4.57 Å². The summed E-state index contributed by atoms with van der Waals surface area (Å²) < 4.78 is 4.67. The van der Waals surface area contributed by atoms with Gasteiger partial charge in [-0.2, -0.15) is 0 Å². The highest BCUT2D eigenvalue weighted by Crippen LogP contribution is 2.32. The number of benzene rings is 1. The number of carbonyl (C=O) groups excluding carboxylic acids is 1. The average Bonchev–Trinajstić information content (AvgIpc) is 3.38. The molecule has 0 amide bonds. The monoisotopic (exact) mass is 474 g/mol. The highest BCUT2D eigenvalue weighted by Gasteiger charge is 2.24. The van der Waals surface area contributed by atoms with Gasteiger partial charge in [0.1, 0.15) is 10.3 Å². The number of aryl methyl sites for hydroxylation is 2. The zero-order valence-corrected chi connectivity index (χ0v) is 18.2. The fourth-order valence-electron chi connectivity index (χ4n) is 3.62. The molecule has 3 heterocycles. The van der Waals surface area contributed by atoms with Crippen LogP contribution in [0.15, 0.2) is 38.7 Å². The number of Topliss-reactive ketones (excluding diaryl/α,β-unsaturated/α-hetero) is 1. The second-order valence-electron chi connectivity index (χ2n) is 6.74. The number of carbonyl (C=O) groups is 1. The molecule has 3 aromatic heterocycles. The third-order valence-electron chi connectivity index (χ3n) is 5.03. The van der Waals surface area contributed by atoms with Crippen LogP contribution in [0.4, 0.5) is 0 Å². The molecule has 1 aliphatic rings. The molecule has 0 atom stereocenters. The van der Waals surface area contributed by atoms with E-state index in [1.54, 1.807) is 23.5 Å². The number of fused-ring (bicyclic) bond motifs is 4. The molecule has 0 N–H and O–H groups in total. The van der Waals surface area contributed by atoms with Crippen LogP contribution in [0.25, 0.3) is 16.1 Å². The normalized spacial score (nSPS) is 13.5. The lowest BCUT2D eigenvalue weighted by atomic mass is 10.2. The van der Waals surface area contributed by atoms with Crippen molar-refractivity contribution < 1.29 is 4.79 Å². The van der Waals surface area contributed by atoms with Crippen LogP contribution in [-0.2, 0) is 19.9 Å². The molecule has 0 bridgehead atoms. The minimum Gasteiger partial charge on any atom is -0.307 e.